The number of allylic oxidation sites excluding steroid dienone is 3. The van der Waals surface area contributed by atoms with Gasteiger partial charge < -0.3 is 0 Å². The Kier molecular flexibility index (Phi) is 2.90. The topological polar surface area (TPSA) is 17.1 Å². The standard InChI is InChI=1S/C15H20O/c1-4-11-7-13(8-11)14-9-15(2,3)6-5-12(14)10-16/h10H,4-7,9H2,1-3H3. The molecule has 0 N–H and O–H groups in total. The number of aldehydes is 1. The molecule has 0 atom stereocenters. The normalized spacial score (nSPS) is 23.4. The Balaban J connectivity index is 2.33. The van der Waals surface area contributed by atoms with E-state index in [4.69, 9.17) is 0 Å². The first-order valence-corrected chi connectivity index (χ1v) is 6.21. The highest BCUT2D eigenvalue weighted by Crippen LogP contribution is 2.43. The van der Waals surface area contributed by atoms with Gasteiger partial charge in [-0.2, -0.15) is 0 Å². The van der Waals surface area contributed by atoms with E-state index in [1.807, 2.05) is 0 Å². The Morgan fingerprint density at radius 3 is 2.69 bits per heavy atom. The maximum Gasteiger partial charge on any atom is 0.146 e. The lowest BCUT2D eigenvalue weighted by molar-refractivity contribution is -0.105. The summed E-state index contributed by atoms with van der Waals surface area (Å²) < 4.78 is 0. The summed E-state index contributed by atoms with van der Waals surface area (Å²) in [4.78, 5) is 11.1. The van der Waals surface area contributed by atoms with Crippen LogP contribution in [0.25, 0.3) is 0 Å². The van der Waals surface area contributed by atoms with Crippen molar-refractivity contribution in [3.05, 3.63) is 28.0 Å². The Morgan fingerprint density at radius 2 is 2.12 bits per heavy atom. The summed E-state index contributed by atoms with van der Waals surface area (Å²) >= 11 is 0. The lowest BCUT2D eigenvalue weighted by atomic mass is 9.71. The average molecular weight is 216 g/mol. The number of carbonyl (C=O) groups is 1. The molecule has 0 amide bonds. The quantitative estimate of drug-likeness (QED) is 0.515. The molecule has 0 aliphatic heterocycles. The molecule has 1 nitrogen and oxygen atoms in total. The molecule has 0 radical (unpaired) electrons. The number of hydrogen-bond acceptors (Lipinski definition) is 1. The van der Waals surface area contributed by atoms with Gasteiger partial charge in [-0.25, -0.2) is 0 Å². The van der Waals surface area contributed by atoms with E-state index in [-0.39, 0.29) is 0 Å². The third-order valence-electron chi connectivity index (χ3n) is 3.77. The maximum absolute atomic E-state index is 11.1. The Bertz CT molecular complexity index is 415. The number of hydrogen-bond donors (Lipinski definition) is 0. The van der Waals surface area contributed by atoms with Crippen molar-refractivity contribution >= 4 is 6.29 Å². The van der Waals surface area contributed by atoms with Gasteiger partial charge in [0.2, 0.25) is 0 Å². The van der Waals surface area contributed by atoms with Crippen LogP contribution in [-0.4, -0.2) is 6.29 Å². The SMILES string of the molecule is CCC1=C=C(C2=C(C=O)CCC(C)(C)C2)C1. The van der Waals surface area contributed by atoms with E-state index in [2.05, 4.69) is 26.5 Å². The molecule has 2 aliphatic rings. The molecule has 0 saturated heterocycles. The van der Waals surface area contributed by atoms with Gasteiger partial charge in [0.1, 0.15) is 6.29 Å². The summed E-state index contributed by atoms with van der Waals surface area (Å²) in [5.74, 6) is 0. The molecular weight excluding hydrogens is 196 g/mol. The van der Waals surface area contributed by atoms with Gasteiger partial charge in [-0.05, 0) is 47.8 Å². The highest BCUT2D eigenvalue weighted by atomic mass is 16.1. The van der Waals surface area contributed by atoms with Crippen molar-refractivity contribution in [3.63, 3.8) is 0 Å². The van der Waals surface area contributed by atoms with Crippen molar-refractivity contribution < 1.29 is 4.79 Å². The summed E-state index contributed by atoms with van der Waals surface area (Å²) in [6.07, 6.45) is 6.32. The van der Waals surface area contributed by atoms with Gasteiger partial charge in [-0.3, -0.25) is 4.79 Å². The molecule has 0 unspecified atom stereocenters. The lowest BCUT2D eigenvalue weighted by Gasteiger charge is -2.33. The molecule has 2 aliphatic carbocycles. The highest BCUT2D eigenvalue weighted by molar-refractivity contribution is 5.77. The minimum absolute atomic E-state index is 0.346. The summed E-state index contributed by atoms with van der Waals surface area (Å²) in [6.45, 7) is 6.75. The van der Waals surface area contributed by atoms with Crippen molar-refractivity contribution in [1.29, 1.82) is 0 Å². The van der Waals surface area contributed by atoms with Gasteiger partial charge in [-0.1, -0.05) is 20.8 Å². The van der Waals surface area contributed by atoms with Crippen molar-refractivity contribution in [1.82, 2.24) is 0 Å². The average Bonchev–Trinajstić information content (AvgIpc) is 2.15. The van der Waals surface area contributed by atoms with Crippen molar-refractivity contribution in [2.24, 2.45) is 5.41 Å². The maximum atomic E-state index is 11.1. The Morgan fingerprint density at radius 1 is 1.44 bits per heavy atom. The molecule has 0 bridgehead atoms. The summed E-state index contributed by atoms with van der Waals surface area (Å²) in [5.41, 5.74) is 8.78. The molecule has 0 heterocycles. The molecular formula is C15H20O. The molecule has 16 heavy (non-hydrogen) atoms. The predicted molar refractivity (Wildman–Crippen MR) is 66.2 cm³/mol. The van der Waals surface area contributed by atoms with E-state index in [1.165, 1.54) is 16.7 Å². The number of carbonyl (C=O) groups excluding carboxylic acids is 1. The fourth-order valence-corrected chi connectivity index (χ4v) is 2.54. The number of rotatable bonds is 3. The molecule has 0 saturated carbocycles. The van der Waals surface area contributed by atoms with Crippen LogP contribution in [0.15, 0.2) is 28.0 Å². The fraction of sp³-hybridized carbons (Fsp3) is 0.600. The molecule has 0 fully saturated rings. The van der Waals surface area contributed by atoms with Crippen LogP contribution < -0.4 is 0 Å². The van der Waals surface area contributed by atoms with E-state index >= 15 is 0 Å². The van der Waals surface area contributed by atoms with Crippen LogP contribution in [0.5, 0.6) is 0 Å². The van der Waals surface area contributed by atoms with Crippen LogP contribution >= 0.6 is 0 Å². The van der Waals surface area contributed by atoms with Crippen LogP contribution in [0.2, 0.25) is 0 Å². The van der Waals surface area contributed by atoms with Gasteiger partial charge in [-0.15, -0.1) is 5.73 Å². The van der Waals surface area contributed by atoms with Gasteiger partial charge in [0.15, 0.2) is 0 Å². The monoisotopic (exact) mass is 216 g/mol. The second-order valence-electron chi connectivity index (χ2n) is 5.70. The summed E-state index contributed by atoms with van der Waals surface area (Å²) in [5, 5.41) is 0. The third-order valence-corrected chi connectivity index (χ3v) is 3.77. The van der Waals surface area contributed by atoms with E-state index in [9.17, 15) is 4.79 Å². The van der Waals surface area contributed by atoms with Crippen molar-refractivity contribution in [3.8, 4) is 0 Å². The summed E-state index contributed by atoms with van der Waals surface area (Å²) in [6, 6.07) is 0. The van der Waals surface area contributed by atoms with Crippen molar-refractivity contribution in [2.75, 3.05) is 0 Å². The highest BCUT2D eigenvalue weighted by Gasteiger charge is 2.29. The van der Waals surface area contributed by atoms with Crippen LogP contribution in [0, 0.1) is 5.41 Å². The first-order valence-electron chi connectivity index (χ1n) is 6.21. The minimum Gasteiger partial charge on any atom is -0.298 e. The van der Waals surface area contributed by atoms with Gasteiger partial charge in [0, 0.05) is 12.0 Å². The molecule has 0 aromatic carbocycles. The zero-order chi connectivity index (χ0) is 11.8. The van der Waals surface area contributed by atoms with Crippen molar-refractivity contribution in [2.45, 2.75) is 52.9 Å². The van der Waals surface area contributed by atoms with Gasteiger partial charge in [0.25, 0.3) is 0 Å². The molecule has 2 rings (SSSR count). The van der Waals surface area contributed by atoms with Gasteiger partial charge >= 0.3 is 0 Å². The minimum atomic E-state index is 0.346. The first kappa shape index (κ1) is 11.4. The molecule has 1 heteroatoms. The van der Waals surface area contributed by atoms with E-state index in [0.29, 0.717) is 5.41 Å². The zero-order valence-corrected chi connectivity index (χ0v) is 10.5. The molecule has 0 aromatic heterocycles. The van der Waals surface area contributed by atoms with Crippen LogP contribution in [0.4, 0.5) is 0 Å². The van der Waals surface area contributed by atoms with E-state index in [1.54, 1.807) is 0 Å². The third kappa shape index (κ3) is 2.05. The van der Waals surface area contributed by atoms with Crippen LogP contribution in [0.1, 0.15) is 52.9 Å². The largest absolute Gasteiger partial charge is 0.298 e. The second-order valence-corrected chi connectivity index (χ2v) is 5.70. The van der Waals surface area contributed by atoms with Crippen LogP contribution in [-0.2, 0) is 4.79 Å². The van der Waals surface area contributed by atoms with Crippen LogP contribution in [0.3, 0.4) is 0 Å². The molecule has 0 aromatic rings. The first-order chi connectivity index (χ1) is 7.55. The molecule has 86 valence electrons. The van der Waals surface area contributed by atoms with E-state index < -0.39 is 0 Å². The second kappa shape index (κ2) is 4.07. The smallest absolute Gasteiger partial charge is 0.146 e. The lowest BCUT2D eigenvalue weighted by Crippen LogP contribution is -2.21. The fourth-order valence-electron chi connectivity index (χ4n) is 2.54. The van der Waals surface area contributed by atoms with E-state index in [0.717, 1.165) is 44.0 Å². The Labute approximate surface area is 97.9 Å². The Hall–Kier alpha value is -1.07. The predicted octanol–water partition coefficient (Wildman–Crippen LogP) is 3.96. The zero-order valence-electron chi connectivity index (χ0n) is 10.5. The summed E-state index contributed by atoms with van der Waals surface area (Å²) in [7, 11) is 0. The van der Waals surface area contributed by atoms with Gasteiger partial charge in [0.05, 0.1) is 0 Å². The molecule has 0 spiro atoms.